The van der Waals surface area contributed by atoms with Crippen LogP contribution in [0.25, 0.3) is 0 Å². The van der Waals surface area contributed by atoms with Crippen LogP contribution in [0.3, 0.4) is 0 Å². The van der Waals surface area contributed by atoms with Crippen molar-refractivity contribution in [2.24, 2.45) is 0 Å². The monoisotopic (exact) mass is 545 g/mol. The summed E-state index contributed by atoms with van der Waals surface area (Å²) in [5, 5.41) is 11.2. The fourth-order valence-corrected chi connectivity index (χ4v) is 4.85. The zero-order valence-electron chi connectivity index (χ0n) is 22.4. The Morgan fingerprint density at radius 1 is 0.950 bits per heavy atom. The molecule has 0 aliphatic carbocycles. The first-order chi connectivity index (χ1) is 19.6. The summed E-state index contributed by atoms with van der Waals surface area (Å²) in [5.74, 6) is 1.56. The maximum absolute atomic E-state index is 13.2. The van der Waals surface area contributed by atoms with Crippen molar-refractivity contribution in [3.63, 3.8) is 0 Å². The minimum Gasteiger partial charge on any atom is -0.374 e. The molecule has 13 heteroatoms. The molecule has 3 aromatic heterocycles. The molecule has 2 aliphatic rings. The van der Waals surface area contributed by atoms with Gasteiger partial charge in [0.25, 0.3) is 0 Å². The van der Waals surface area contributed by atoms with Crippen LogP contribution in [0, 0.1) is 12.7 Å². The first kappa shape index (κ1) is 26.0. The summed E-state index contributed by atoms with van der Waals surface area (Å²) < 4.78 is 20.9. The Bertz CT molecular complexity index is 1400. The second-order valence-electron chi connectivity index (χ2n) is 9.93. The minimum atomic E-state index is -0.236. The van der Waals surface area contributed by atoms with E-state index < -0.39 is 0 Å². The molecule has 2 fully saturated rings. The van der Waals surface area contributed by atoms with Crippen molar-refractivity contribution in [3.8, 4) is 0 Å². The zero-order valence-corrected chi connectivity index (χ0v) is 22.4. The Morgan fingerprint density at radius 3 is 2.42 bits per heavy atom. The molecule has 5 heterocycles. The van der Waals surface area contributed by atoms with Gasteiger partial charge in [-0.2, -0.15) is 10.1 Å². The minimum absolute atomic E-state index is 0.104. The number of hydrogen-bond acceptors (Lipinski definition) is 11. The highest BCUT2D eigenvalue weighted by molar-refractivity contribution is 5.56. The highest BCUT2D eigenvalue weighted by Crippen LogP contribution is 2.21. The van der Waals surface area contributed by atoms with Crippen LogP contribution >= 0.6 is 0 Å². The number of aromatic nitrogens is 7. The molecule has 12 nitrogen and oxygen atoms in total. The summed E-state index contributed by atoms with van der Waals surface area (Å²) in [7, 11) is 0. The summed E-state index contributed by atoms with van der Waals surface area (Å²) in [5.41, 5.74) is 3.85. The van der Waals surface area contributed by atoms with E-state index in [4.69, 9.17) is 4.74 Å². The highest BCUT2D eigenvalue weighted by atomic mass is 19.1. The number of morpholine rings is 1. The Morgan fingerprint density at radius 2 is 1.70 bits per heavy atom. The number of ether oxygens (including phenoxy) is 1. The van der Waals surface area contributed by atoms with Crippen molar-refractivity contribution < 1.29 is 9.13 Å². The van der Waals surface area contributed by atoms with Crippen molar-refractivity contribution in [3.05, 3.63) is 71.8 Å². The Hall–Kier alpha value is -4.23. The predicted molar refractivity (Wildman–Crippen MR) is 148 cm³/mol. The molecule has 1 aromatic carbocycles. The lowest BCUT2D eigenvalue weighted by Gasteiger charge is -2.34. The van der Waals surface area contributed by atoms with E-state index >= 15 is 0 Å². The second-order valence-corrected chi connectivity index (χ2v) is 9.93. The summed E-state index contributed by atoms with van der Waals surface area (Å²) >= 11 is 0. The molecule has 1 unspecified atom stereocenters. The summed E-state index contributed by atoms with van der Waals surface area (Å²) in [6, 6.07) is 6.50. The molecule has 2 N–H and O–H groups in total. The first-order valence-corrected chi connectivity index (χ1v) is 13.5. The van der Waals surface area contributed by atoms with Crippen LogP contribution in [-0.2, 0) is 17.7 Å². The third kappa shape index (κ3) is 6.15. The van der Waals surface area contributed by atoms with Crippen molar-refractivity contribution in [2.45, 2.75) is 26.0 Å². The van der Waals surface area contributed by atoms with Crippen molar-refractivity contribution in [1.29, 1.82) is 0 Å². The van der Waals surface area contributed by atoms with Crippen LogP contribution in [0.1, 0.15) is 16.8 Å². The molecule has 2 saturated heterocycles. The van der Waals surface area contributed by atoms with Crippen LogP contribution in [0.5, 0.6) is 0 Å². The molecule has 40 heavy (non-hydrogen) atoms. The van der Waals surface area contributed by atoms with E-state index in [2.05, 4.69) is 50.5 Å². The number of nitrogens with zero attached hydrogens (tertiary/aromatic N) is 9. The molecular formula is C27H32FN11O. The fraction of sp³-hybridized carbons (Fsp3) is 0.407. The van der Waals surface area contributed by atoms with Gasteiger partial charge in [-0.15, -0.1) is 0 Å². The lowest BCUT2D eigenvalue weighted by Crippen LogP contribution is -2.47. The van der Waals surface area contributed by atoms with Crippen LogP contribution < -0.4 is 20.4 Å². The third-order valence-corrected chi connectivity index (χ3v) is 7.15. The van der Waals surface area contributed by atoms with Gasteiger partial charge >= 0.3 is 0 Å². The van der Waals surface area contributed by atoms with E-state index in [1.807, 2.05) is 24.0 Å². The normalized spacial score (nSPS) is 17.7. The molecule has 0 bridgehead atoms. The van der Waals surface area contributed by atoms with Gasteiger partial charge in [0.1, 0.15) is 12.1 Å². The van der Waals surface area contributed by atoms with E-state index in [1.165, 1.54) is 18.5 Å². The standard InChI is InChI=1S/C27H32FN11O/c1-19-24(16-34-39(19)17-23-15-29-6-11-40-23)35-25-32-18-33-27(36-25)38-9-7-37(8-10-38)26-30-13-21(14-31-26)12-20-2-4-22(28)5-3-20/h2-5,13-14,16,18,23,29H,6-12,15,17H2,1H3,(H,32,33,35,36). The van der Waals surface area contributed by atoms with Crippen LogP contribution in [0.2, 0.25) is 0 Å². The second kappa shape index (κ2) is 11.9. The van der Waals surface area contributed by atoms with Crippen LogP contribution in [0.4, 0.5) is 27.9 Å². The van der Waals surface area contributed by atoms with E-state index in [0.717, 1.165) is 68.4 Å². The van der Waals surface area contributed by atoms with Crippen LogP contribution in [0.15, 0.2) is 49.2 Å². The van der Waals surface area contributed by atoms with E-state index in [1.54, 1.807) is 18.3 Å². The SMILES string of the molecule is Cc1c(Nc2ncnc(N3CCN(c4ncc(Cc5ccc(F)cc5)cn4)CC3)n2)cnn1CC1CNCCO1. The van der Waals surface area contributed by atoms with Crippen molar-refractivity contribution in [1.82, 2.24) is 40.0 Å². The van der Waals surface area contributed by atoms with Gasteiger partial charge in [0, 0.05) is 58.1 Å². The van der Waals surface area contributed by atoms with Gasteiger partial charge < -0.3 is 25.2 Å². The van der Waals surface area contributed by atoms with E-state index in [0.29, 0.717) is 30.8 Å². The lowest BCUT2D eigenvalue weighted by molar-refractivity contribution is 0.0158. The molecule has 0 saturated carbocycles. The smallest absolute Gasteiger partial charge is 0.232 e. The van der Waals surface area contributed by atoms with Gasteiger partial charge in [-0.3, -0.25) is 4.68 Å². The molecule has 4 aromatic rings. The molecule has 2 aliphatic heterocycles. The number of nitrogens with one attached hydrogen (secondary N) is 2. The average Bonchev–Trinajstić information content (AvgIpc) is 3.33. The zero-order chi connectivity index (χ0) is 27.3. The third-order valence-electron chi connectivity index (χ3n) is 7.15. The summed E-state index contributed by atoms with van der Waals surface area (Å²) in [6.45, 7) is 8.09. The fourth-order valence-electron chi connectivity index (χ4n) is 4.85. The maximum Gasteiger partial charge on any atom is 0.232 e. The molecule has 1 atom stereocenters. The van der Waals surface area contributed by atoms with Gasteiger partial charge in [0.15, 0.2) is 0 Å². The Kier molecular flexibility index (Phi) is 7.73. The van der Waals surface area contributed by atoms with Gasteiger partial charge in [0.2, 0.25) is 17.8 Å². The molecule has 0 radical (unpaired) electrons. The van der Waals surface area contributed by atoms with Crippen molar-refractivity contribution >= 4 is 23.5 Å². The number of benzene rings is 1. The highest BCUT2D eigenvalue weighted by Gasteiger charge is 2.22. The van der Waals surface area contributed by atoms with Gasteiger partial charge in [0.05, 0.1) is 36.8 Å². The first-order valence-electron chi connectivity index (χ1n) is 13.5. The number of rotatable bonds is 8. The van der Waals surface area contributed by atoms with Gasteiger partial charge in [-0.05, 0) is 30.2 Å². The lowest BCUT2D eigenvalue weighted by atomic mass is 10.1. The summed E-state index contributed by atoms with van der Waals surface area (Å²) in [6.07, 6.45) is 7.76. The molecule has 0 spiro atoms. The quantitative estimate of drug-likeness (QED) is 0.338. The maximum atomic E-state index is 13.2. The number of halogens is 1. The van der Waals surface area contributed by atoms with Gasteiger partial charge in [-0.25, -0.2) is 24.3 Å². The Balaban J connectivity index is 1.03. The predicted octanol–water partition coefficient (Wildman–Crippen LogP) is 1.96. The number of hydrogen-bond donors (Lipinski definition) is 2. The average molecular weight is 546 g/mol. The molecule has 6 rings (SSSR count). The topological polar surface area (TPSA) is 122 Å². The molecular weight excluding hydrogens is 513 g/mol. The molecule has 0 amide bonds. The largest absolute Gasteiger partial charge is 0.374 e. The van der Waals surface area contributed by atoms with E-state index in [9.17, 15) is 4.39 Å². The molecule has 208 valence electrons. The summed E-state index contributed by atoms with van der Waals surface area (Å²) in [4.78, 5) is 26.8. The van der Waals surface area contributed by atoms with E-state index in [-0.39, 0.29) is 11.9 Å². The Labute approximate surface area is 231 Å². The van der Waals surface area contributed by atoms with Crippen LogP contribution in [-0.4, -0.2) is 86.7 Å². The van der Waals surface area contributed by atoms with Gasteiger partial charge in [-0.1, -0.05) is 12.1 Å². The number of anilines is 4. The number of piperazine rings is 1. The van der Waals surface area contributed by atoms with Crippen molar-refractivity contribution in [2.75, 3.05) is 61.0 Å².